The van der Waals surface area contributed by atoms with E-state index in [1.807, 2.05) is 6.07 Å². The summed E-state index contributed by atoms with van der Waals surface area (Å²) in [7, 11) is 0. The van der Waals surface area contributed by atoms with Crippen molar-refractivity contribution in [3.05, 3.63) is 29.3 Å². The quantitative estimate of drug-likeness (QED) is 0.672. The number of nitrogens with zero attached hydrogens (tertiary/aromatic N) is 2. The van der Waals surface area contributed by atoms with Gasteiger partial charge in [-0.2, -0.15) is 0 Å². The molecule has 0 bridgehead atoms. The summed E-state index contributed by atoms with van der Waals surface area (Å²) in [5, 5.41) is 10.3. The number of aromatic hydroxyl groups is 1. The summed E-state index contributed by atoms with van der Waals surface area (Å²) in [6.07, 6.45) is 0.130. The minimum absolute atomic E-state index is 0.0455. The summed E-state index contributed by atoms with van der Waals surface area (Å²) >= 11 is 0. The van der Waals surface area contributed by atoms with E-state index in [-0.39, 0.29) is 36.9 Å². The summed E-state index contributed by atoms with van der Waals surface area (Å²) < 4.78 is 22.6. The van der Waals surface area contributed by atoms with Crippen LogP contribution in [0.1, 0.15) is 11.1 Å². The van der Waals surface area contributed by atoms with Gasteiger partial charge in [0.15, 0.2) is 0 Å². The second-order valence-corrected chi connectivity index (χ2v) is 8.01. The molecule has 4 rings (SSSR count). The number of amides is 2. The highest BCUT2D eigenvalue weighted by Gasteiger charge is 2.33. The van der Waals surface area contributed by atoms with Crippen molar-refractivity contribution in [2.75, 3.05) is 65.8 Å². The van der Waals surface area contributed by atoms with Gasteiger partial charge in [-0.15, -0.1) is 0 Å². The normalized spacial score (nSPS) is 24.0. The number of phenols is 1. The molecule has 1 aliphatic carbocycles. The molecule has 1 aromatic carbocycles. The maximum atomic E-state index is 12.5. The smallest absolute Gasteiger partial charge is 0.248 e. The van der Waals surface area contributed by atoms with Crippen molar-refractivity contribution in [1.29, 1.82) is 0 Å². The highest BCUT2D eigenvalue weighted by Crippen LogP contribution is 2.31. The lowest BCUT2D eigenvalue weighted by molar-refractivity contribution is -0.153. The average Bonchev–Trinajstić information content (AvgIpc) is 2.82. The fourth-order valence-corrected chi connectivity index (χ4v) is 4.23. The summed E-state index contributed by atoms with van der Waals surface area (Å²) in [6.45, 7) is 4.29. The van der Waals surface area contributed by atoms with Crippen LogP contribution in [0.5, 0.6) is 5.75 Å². The molecule has 170 valence electrons. The highest BCUT2D eigenvalue weighted by molar-refractivity contribution is 5.78. The van der Waals surface area contributed by atoms with E-state index < -0.39 is 6.10 Å². The Morgan fingerprint density at radius 1 is 0.871 bits per heavy atom. The molecule has 2 aliphatic heterocycles. The van der Waals surface area contributed by atoms with E-state index in [2.05, 4.69) is 0 Å². The van der Waals surface area contributed by atoms with Crippen LogP contribution in [-0.4, -0.2) is 105 Å². The van der Waals surface area contributed by atoms with Gasteiger partial charge < -0.3 is 33.9 Å². The van der Waals surface area contributed by atoms with Crippen molar-refractivity contribution < 1.29 is 33.6 Å². The Balaban J connectivity index is 1.39. The summed E-state index contributed by atoms with van der Waals surface area (Å²) in [5.41, 5.74) is 1.79. The van der Waals surface area contributed by atoms with Gasteiger partial charge in [0.25, 0.3) is 0 Å². The molecule has 3 aliphatic rings. The number of carbonyl (C=O) groups excluding carboxylic acids is 2. The number of rotatable bonds is 6. The molecule has 2 atom stereocenters. The molecular weight excluding hydrogens is 404 g/mol. The highest BCUT2D eigenvalue weighted by atomic mass is 16.5. The molecule has 0 saturated carbocycles. The Kier molecular flexibility index (Phi) is 7.39. The number of phenolic OH excluding ortho intramolecular Hbond substituents is 1. The predicted molar refractivity (Wildman–Crippen MR) is 110 cm³/mol. The van der Waals surface area contributed by atoms with Crippen molar-refractivity contribution in [1.82, 2.24) is 9.80 Å². The van der Waals surface area contributed by atoms with E-state index in [0.29, 0.717) is 65.4 Å². The first-order valence-electron chi connectivity index (χ1n) is 10.9. The van der Waals surface area contributed by atoms with Crippen LogP contribution in [0.3, 0.4) is 0 Å². The zero-order valence-electron chi connectivity index (χ0n) is 17.7. The van der Waals surface area contributed by atoms with Crippen LogP contribution in [0.25, 0.3) is 0 Å². The van der Waals surface area contributed by atoms with Crippen molar-refractivity contribution in [2.24, 2.45) is 0 Å². The van der Waals surface area contributed by atoms with Crippen molar-refractivity contribution in [2.45, 2.75) is 25.0 Å². The number of ether oxygens (including phenoxy) is 4. The molecule has 31 heavy (non-hydrogen) atoms. The molecule has 0 aromatic heterocycles. The van der Waals surface area contributed by atoms with Gasteiger partial charge in [0.1, 0.15) is 19.0 Å². The van der Waals surface area contributed by atoms with Crippen molar-refractivity contribution >= 4 is 11.8 Å². The maximum absolute atomic E-state index is 12.5. The average molecular weight is 434 g/mol. The Hall–Kier alpha value is -2.20. The minimum atomic E-state index is -0.428. The largest absolute Gasteiger partial charge is 0.508 e. The number of hydrogen-bond donors (Lipinski definition) is 1. The molecule has 9 heteroatoms. The van der Waals surface area contributed by atoms with Gasteiger partial charge in [0.2, 0.25) is 11.8 Å². The molecule has 0 radical (unpaired) electrons. The van der Waals surface area contributed by atoms with E-state index >= 15 is 0 Å². The standard InChI is InChI=1S/C22H30N2O7/c25-18-3-1-2-16-12-19(30-14-21(26)23-4-8-28-9-5-23)20(13-17(16)18)31-15-22(27)24-6-10-29-11-7-24/h1-3,19-20,25H,4-15H2. The van der Waals surface area contributed by atoms with Crippen LogP contribution in [0.2, 0.25) is 0 Å². The fraction of sp³-hybridized carbons (Fsp3) is 0.636. The molecule has 0 spiro atoms. The van der Waals surface area contributed by atoms with Crippen LogP contribution in [0, 0.1) is 0 Å². The third-order valence-corrected chi connectivity index (χ3v) is 6.06. The van der Waals surface area contributed by atoms with Crippen LogP contribution < -0.4 is 0 Å². The van der Waals surface area contributed by atoms with Gasteiger partial charge in [0, 0.05) is 39.0 Å². The Morgan fingerprint density at radius 3 is 1.94 bits per heavy atom. The Labute approximate surface area is 181 Å². The Bertz CT molecular complexity index is 775. The van der Waals surface area contributed by atoms with Gasteiger partial charge >= 0.3 is 0 Å². The molecule has 9 nitrogen and oxygen atoms in total. The zero-order chi connectivity index (χ0) is 21.6. The third-order valence-electron chi connectivity index (χ3n) is 6.06. The molecule has 1 N–H and O–H groups in total. The fourth-order valence-electron chi connectivity index (χ4n) is 4.23. The van der Waals surface area contributed by atoms with Crippen LogP contribution in [0.4, 0.5) is 0 Å². The molecule has 2 heterocycles. The first-order chi connectivity index (χ1) is 15.1. The molecule has 1 aromatic rings. The second kappa shape index (κ2) is 10.4. The second-order valence-electron chi connectivity index (χ2n) is 8.01. The summed E-state index contributed by atoms with van der Waals surface area (Å²) in [5.74, 6) is 0.0520. The van der Waals surface area contributed by atoms with Crippen molar-refractivity contribution in [3.8, 4) is 5.75 Å². The lowest BCUT2D eigenvalue weighted by atomic mass is 9.87. The number of morpholine rings is 2. The van der Waals surface area contributed by atoms with Gasteiger partial charge in [-0.25, -0.2) is 0 Å². The van der Waals surface area contributed by atoms with Crippen LogP contribution in [-0.2, 0) is 41.4 Å². The zero-order valence-corrected chi connectivity index (χ0v) is 17.7. The van der Waals surface area contributed by atoms with E-state index in [9.17, 15) is 14.7 Å². The third kappa shape index (κ3) is 5.54. The minimum Gasteiger partial charge on any atom is -0.508 e. The SMILES string of the molecule is O=C(COC1Cc2cccc(O)c2CC1OCC(=O)N1CCOCC1)N1CCOCC1. The van der Waals surface area contributed by atoms with E-state index in [1.54, 1.807) is 21.9 Å². The number of benzene rings is 1. The number of hydrogen-bond acceptors (Lipinski definition) is 7. The summed E-state index contributed by atoms with van der Waals surface area (Å²) in [4.78, 5) is 28.5. The molecular formula is C22H30N2O7. The first kappa shape index (κ1) is 22.0. The van der Waals surface area contributed by atoms with E-state index in [0.717, 1.165) is 11.1 Å². The number of carbonyl (C=O) groups is 2. The van der Waals surface area contributed by atoms with Gasteiger partial charge in [-0.05, 0) is 17.2 Å². The number of fused-ring (bicyclic) bond motifs is 1. The predicted octanol–water partition coefficient (Wildman–Crippen LogP) is -0.0212. The maximum Gasteiger partial charge on any atom is 0.248 e. The van der Waals surface area contributed by atoms with Crippen molar-refractivity contribution in [3.63, 3.8) is 0 Å². The lowest BCUT2D eigenvalue weighted by Crippen LogP contribution is -2.47. The van der Waals surface area contributed by atoms with Crippen LogP contribution >= 0.6 is 0 Å². The first-order valence-corrected chi connectivity index (χ1v) is 10.9. The van der Waals surface area contributed by atoms with E-state index in [4.69, 9.17) is 18.9 Å². The molecule has 2 saturated heterocycles. The monoisotopic (exact) mass is 434 g/mol. The summed E-state index contributed by atoms with van der Waals surface area (Å²) in [6, 6.07) is 5.40. The Morgan fingerprint density at radius 2 is 1.39 bits per heavy atom. The molecule has 2 fully saturated rings. The van der Waals surface area contributed by atoms with Gasteiger partial charge in [-0.1, -0.05) is 12.1 Å². The van der Waals surface area contributed by atoms with Gasteiger partial charge in [0.05, 0.1) is 38.6 Å². The molecule has 2 amide bonds. The lowest BCUT2D eigenvalue weighted by Gasteiger charge is -2.34. The molecule has 2 unspecified atom stereocenters. The van der Waals surface area contributed by atoms with Gasteiger partial charge in [-0.3, -0.25) is 9.59 Å². The van der Waals surface area contributed by atoms with E-state index in [1.165, 1.54) is 0 Å². The van der Waals surface area contributed by atoms with Crippen LogP contribution in [0.15, 0.2) is 18.2 Å². The topological polar surface area (TPSA) is 97.8 Å².